The summed E-state index contributed by atoms with van der Waals surface area (Å²) >= 11 is 7.38. The number of thiophene rings is 1. The molecule has 2 N–H and O–H groups in total. The van der Waals surface area contributed by atoms with Crippen molar-refractivity contribution in [2.45, 2.75) is 20.5 Å². The average Bonchev–Trinajstić information content (AvgIpc) is 2.80. The van der Waals surface area contributed by atoms with Crippen LogP contribution in [0.4, 0.5) is 5.69 Å². The van der Waals surface area contributed by atoms with Gasteiger partial charge in [0.2, 0.25) is 0 Å². The number of carbonyl (C=O) groups is 1. The molecule has 0 aliphatic carbocycles. The molecule has 2 heterocycles. The number of halogens is 1. The molecular weight excluding hydrogens is 286 g/mol. The van der Waals surface area contributed by atoms with Crippen molar-refractivity contribution >= 4 is 34.6 Å². The second-order valence-corrected chi connectivity index (χ2v) is 5.79. The van der Waals surface area contributed by atoms with Crippen LogP contribution in [0.25, 0.3) is 0 Å². The number of esters is 1. The van der Waals surface area contributed by atoms with Crippen molar-refractivity contribution in [3.8, 4) is 0 Å². The van der Waals surface area contributed by atoms with E-state index in [1.54, 1.807) is 17.8 Å². The van der Waals surface area contributed by atoms with Gasteiger partial charge in [0.25, 0.3) is 0 Å². The van der Waals surface area contributed by atoms with Crippen LogP contribution in [0.2, 0.25) is 5.15 Å². The van der Waals surface area contributed by atoms with E-state index in [4.69, 9.17) is 22.1 Å². The van der Waals surface area contributed by atoms with Crippen LogP contribution in [0.15, 0.2) is 6.07 Å². The monoisotopic (exact) mass is 299 g/mol. The zero-order valence-corrected chi connectivity index (χ0v) is 12.4. The summed E-state index contributed by atoms with van der Waals surface area (Å²) in [5.74, 6) is -0.399. The Bertz CT molecular complexity index is 614. The highest BCUT2D eigenvalue weighted by molar-refractivity contribution is 7.14. The lowest BCUT2D eigenvalue weighted by Gasteiger charge is -2.02. The molecule has 0 atom stereocenters. The van der Waals surface area contributed by atoms with Crippen LogP contribution >= 0.6 is 22.9 Å². The minimum Gasteiger partial charge on any atom is -0.456 e. The number of rotatable bonds is 3. The molecule has 0 unspecified atom stereocenters. The van der Waals surface area contributed by atoms with E-state index in [0.717, 1.165) is 16.1 Å². The zero-order chi connectivity index (χ0) is 14.2. The van der Waals surface area contributed by atoms with Crippen molar-refractivity contribution in [1.29, 1.82) is 0 Å². The molecule has 0 aliphatic heterocycles. The van der Waals surface area contributed by atoms with Crippen LogP contribution in [-0.2, 0) is 18.4 Å². The summed E-state index contributed by atoms with van der Waals surface area (Å²) in [6.45, 7) is 3.79. The van der Waals surface area contributed by atoms with E-state index in [2.05, 4.69) is 5.10 Å². The van der Waals surface area contributed by atoms with E-state index in [1.807, 2.05) is 13.8 Å². The molecular formula is C12H14ClN3O2S. The van der Waals surface area contributed by atoms with Crippen LogP contribution < -0.4 is 5.73 Å². The van der Waals surface area contributed by atoms with Gasteiger partial charge in [0.05, 0.1) is 5.69 Å². The van der Waals surface area contributed by atoms with E-state index >= 15 is 0 Å². The first-order valence-electron chi connectivity index (χ1n) is 5.61. The fraction of sp³-hybridized carbons (Fsp3) is 0.333. The quantitative estimate of drug-likeness (QED) is 0.885. The summed E-state index contributed by atoms with van der Waals surface area (Å²) in [6, 6.07) is 1.63. The van der Waals surface area contributed by atoms with Gasteiger partial charge in [-0.1, -0.05) is 11.6 Å². The van der Waals surface area contributed by atoms with Gasteiger partial charge in [-0.05, 0) is 19.9 Å². The van der Waals surface area contributed by atoms with Gasteiger partial charge in [0.15, 0.2) is 0 Å². The van der Waals surface area contributed by atoms with Crippen molar-refractivity contribution in [3.63, 3.8) is 0 Å². The Kier molecular flexibility index (Phi) is 3.82. The van der Waals surface area contributed by atoms with Gasteiger partial charge in [-0.2, -0.15) is 5.10 Å². The van der Waals surface area contributed by atoms with E-state index in [1.165, 1.54) is 11.3 Å². The SMILES string of the molecule is Cc1nn(C)c(Cl)c1COC(=O)c1cc(N)c(C)s1. The first-order chi connectivity index (χ1) is 8.90. The van der Waals surface area contributed by atoms with Gasteiger partial charge >= 0.3 is 5.97 Å². The van der Waals surface area contributed by atoms with Crippen LogP contribution in [0, 0.1) is 13.8 Å². The molecule has 2 aromatic rings. The molecule has 7 heteroatoms. The van der Waals surface area contributed by atoms with Gasteiger partial charge in [-0.15, -0.1) is 11.3 Å². The minimum absolute atomic E-state index is 0.105. The largest absolute Gasteiger partial charge is 0.456 e. The number of ether oxygens (including phenoxy) is 1. The molecule has 2 rings (SSSR count). The smallest absolute Gasteiger partial charge is 0.348 e. The van der Waals surface area contributed by atoms with E-state index in [9.17, 15) is 4.79 Å². The Balaban J connectivity index is 2.08. The van der Waals surface area contributed by atoms with Gasteiger partial charge in [0.1, 0.15) is 16.6 Å². The van der Waals surface area contributed by atoms with Crippen LogP contribution in [0.1, 0.15) is 25.8 Å². The number of hydrogen-bond donors (Lipinski definition) is 1. The van der Waals surface area contributed by atoms with E-state index in [-0.39, 0.29) is 6.61 Å². The number of nitrogen functional groups attached to an aromatic ring is 1. The Labute approximate surface area is 119 Å². The molecule has 5 nitrogen and oxygen atoms in total. The second-order valence-electron chi connectivity index (χ2n) is 4.18. The number of nitrogens with zero attached hydrogens (tertiary/aromatic N) is 2. The Morgan fingerprint density at radius 1 is 1.58 bits per heavy atom. The number of anilines is 1. The maximum Gasteiger partial charge on any atom is 0.348 e. The lowest BCUT2D eigenvalue weighted by molar-refractivity contribution is 0.0478. The van der Waals surface area contributed by atoms with Crippen LogP contribution in [-0.4, -0.2) is 15.7 Å². The van der Waals surface area contributed by atoms with Gasteiger partial charge < -0.3 is 10.5 Å². The highest BCUT2D eigenvalue weighted by Crippen LogP contribution is 2.25. The highest BCUT2D eigenvalue weighted by Gasteiger charge is 2.16. The molecule has 0 fully saturated rings. The molecule has 0 spiro atoms. The molecule has 0 aromatic carbocycles. The highest BCUT2D eigenvalue weighted by atomic mass is 35.5. The van der Waals surface area contributed by atoms with Crippen molar-refractivity contribution in [3.05, 3.63) is 32.2 Å². The Morgan fingerprint density at radius 2 is 2.26 bits per heavy atom. The number of aromatic nitrogens is 2. The summed E-state index contributed by atoms with van der Waals surface area (Å²) in [7, 11) is 1.74. The molecule has 0 bridgehead atoms. The molecule has 0 amide bonds. The average molecular weight is 300 g/mol. The topological polar surface area (TPSA) is 70.1 Å². The molecule has 0 aliphatic rings. The number of aryl methyl sites for hydroxylation is 3. The maximum atomic E-state index is 11.9. The first kappa shape index (κ1) is 13.9. The van der Waals surface area contributed by atoms with Crippen molar-refractivity contribution in [1.82, 2.24) is 9.78 Å². The molecule has 19 heavy (non-hydrogen) atoms. The number of nitrogens with two attached hydrogens (primary N) is 1. The third kappa shape index (κ3) is 2.74. The Morgan fingerprint density at radius 3 is 2.74 bits per heavy atom. The summed E-state index contributed by atoms with van der Waals surface area (Å²) in [6.07, 6.45) is 0. The fourth-order valence-electron chi connectivity index (χ4n) is 1.64. The summed E-state index contributed by atoms with van der Waals surface area (Å²) in [5, 5.41) is 4.63. The second kappa shape index (κ2) is 5.22. The molecule has 0 saturated heterocycles. The van der Waals surface area contributed by atoms with Crippen molar-refractivity contribution in [2.75, 3.05) is 5.73 Å². The lowest BCUT2D eigenvalue weighted by Crippen LogP contribution is -2.04. The van der Waals surface area contributed by atoms with E-state index in [0.29, 0.717) is 15.7 Å². The van der Waals surface area contributed by atoms with Crippen molar-refractivity contribution < 1.29 is 9.53 Å². The maximum absolute atomic E-state index is 11.9. The van der Waals surface area contributed by atoms with E-state index < -0.39 is 5.97 Å². The van der Waals surface area contributed by atoms with Crippen LogP contribution in [0.3, 0.4) is 0 Å². The summed E-state index contributed by atoms with van der Waals surface area (Å²) in [5.41, 5.74) is 7.78. The van der Waals surface area contributed by atoms with Crippen LogP contribution in [0.5, 0.6) is 0 Å². The third-order valence-electron chi connectivity index (χ3n) is 2.77. The number of carbonyl (C=O) groups excluding carboxylic acids is 1. The fourth-order valence-corrected chi connectivity index (χ4v) is 2.71. The summed E-state index contributed by atoms with van der Waals surface area (Å²) < 4.78 is 6.78. The molecule has 0 radical (unpaired) electrons. The lowest BCUT2D eigenvalue weighted by atomic mass is 10.3. The van der Waals surface area contributed by atoms with Crippen molar-refractivity contribution in [2.24, 2.45) is 7.05 Å². The standard InChI is InChI=1S/C12H14ClN3O2S/c1-6-8(11(13)16(3)15-6)5-18-12(17)10-4-9(14)7(2)19-10/h4H,5,14H2,1-3H3. The molecule has 0 saturated carbocycles. The number of hydrogen-bond acceptors (Lipinski definition) is 5. The zero-order valence-electron chi connectivity index (χ0n) is 10.9. The third-order valence-corrected chi connectivity index (χ3v) is 4.29. The molecule has 2 aromatic heterocycles. The normalized spacial score (nSPS) is 10.7. The minimum atomic E-state index is -0.399. The van der Waals surface area contributed by atoms with Gasteiger partial charge in [-0.25, -0.2) is 4.79 Å². The predicted molar refractivity (Wildman–Crippen MR) is 75.5 cm³/mol. The predicted octanol–water partition coefficient (Wildman–Crippen LogP) is 2.69. The molecule has 102 valence electrons. The van der Waals surface area contributed by atoms with Gasteiger partial charge in [-0.3, -0.25) is 4.68 Å². The Hall–Kier alpha value is -1.53. The summed E-state index contributed by atoms with van der Waals surface area (Å²) in [4.78, 5) is 13.3. The van der Waals surface area contributed by atoms with Gasteiger partial charge in [0, 0.05) is 23.2 Å². The first-order valence-corrected chi connectivity index (χ1v) is 6.80.